The molecule has 0 saturated carbocycles. The molecule has 2 aromatic heterocycles. The Morgan fingerprint density at radius 3 is 2.53 bits per heavy atom. The Kier molecular flexibility index (Phi) is 6.84. The fraction of sp³-hybridized carbons (Fsp3) is 0.269. The molecule has 10 nitrogen and oxygen atoms in total. The highest BCUT2D eigenvalue weighted by molar-refractivity contribution is 5.93. The van der Waals surface area contributed by atoms with Gasteiger partial charge in [-0.25, -0.2) is 4.68 Å². The van der Waals surface area contributed by atoms with Gasteiger partial charge in [0.15, 0.2) is 5.82 Å². The van der Waals surface area contributed by atoms with Gasteiger partial charge < -0.3 is 9.84 Å². The molecule has 0 atom stereocenters. The van der Waals surface area contributed by atoms with Crippen molar-refractivity contribution in [3.05, 3.63) is 77.8 Å². The third-order valence-electron chi connectivity index (χ3n) is 6.19. The highest BCUT2D eigenvalue weighted by Gasteiger charge is 2.22. The van der Waals surface area contributed by atoms with Gasteiger partial charge in [0.1, 0.15) is 11.6 Å². The molecule has 1 aliphatic heterocycles. The van der Waals surface area contributed by atoms with Gasteiger partial charge in [-0.15, -0.1) is 0 Å². The van der Waals surface area contributed by atoms with E-state index in [0.29, 0.717) is 29.6 Å². The van der Waals surface area contributed by atoms with Crippen molar-refractivity contribution in [3.63, 3.8) is 0 Å². The SMILES string of the molecule is Cc1ccccc1-c1noc(CN2CCN(CC(=O)Nc3c(C#N)cnn3-c3ccccc3)CC2)n1. The van der Waals surface area contributed by atoms with Gasteiger partial charge in [-0.3, -0.25) is 14.6 Å². The summed E-state index contributed by atoms with van der Waals surface area (Å²) in [6.45, 7) is 5.85. The van der Waals surface area contributed by atoms with Crippen LogP contribution in [0.15, 0.2) is 65.3 Å². The van der Waals surface area contributed by atoms with E-state index in [1.807, 2.05) is 61.5 Å². The van der Waals surface area contributed by atoms with Crippen molar-refractivity contribution in [2.75, 3.05) is 38.0 Å². The first kappa shape index (κ1) is 23.4. The molecule has 3 heterocycles. The maximum Gasteiger partial charge on any atom is 0.241 e. The second-order valence-electron chi connectivity index (χ2n) is 8.69. The van der Waals surface area contributed by atoms with Crippen LogP contribution >= 0.6 is 0 Å². The number of hydrogen-bond acceptors (Lipinski definition) is 8. The lowest BCUT2D eigenvalue weighted by Gasteiger charge is -2.33. The lowest BCUT2D eigenvalue weighted by molar-refractivity contribution is -0.117. The summed E-state index contributed by atoms with van der Waals surface area (Å²) >= 11 is 0. The number of carbonyl (C=O) groups excluding carboxylic acids is 1. The lowest BCUT2D eigenvalue weighted by atomic mass is 10.1. The van der Waals surface area contributed by atoms with Gasteiger partial charge in [-0.1, -0.05) is 47.6 Å². The van der Waals surface area contributed by atoms with Crippen LogP contribution in [0.5, 0.6) is 0 Å². The number of aryl methyl sites for hydroxylation is 1. The first-order chi connectivity index (χ1) is 17.6. The summed E-state index contributed by atoms with van der Waals surface area (Å²) in [7, 11) is 0. The number of anilines is 1. The number of amides is 1. The average molecular weight is 483 g/mol. The quantitative estimate of drug-likeness (QED) is 0.428. The summed E-state index contributed by atoms with van der Waals surface area (Å²) in [5.74, 6) is 1.38. The van der Waals surface area contributed by atoms with Crippen molar-refractivity contribution in [1.82, 2.24) is 29.7 Å². The molecule has 36 heavy (non-hydrogen) atoms. The minimum Gasteiger partial charge on any atom is -0.338 e. The fourth-order valence-electron chi connectivity index (χ4n) is 4.24. The van der Waals surface area contributed by atoms with Crippen LogP contribution in [0.4, 0.5) is 5.82 Å². The lowest BCUT2D eigenvalue weighted by Crippen LogP contribution is -2.48. The molecule has 0 bridgehead atoms. The Hall–Kier alpha value is -4.33. The Morgan fingerprint density at radius 1 is 1.06 bits per heavy atom. The zero-order chi connectivity index (χ0) is 24.9. The summed E-state index contributed by atoms with van der Waals surface area (Å²) < 4.78 is 7.05. The third-order valence-corrected chi connectivity index (χ3v) is 6.19. The standard InChI is InChI=1S/C26H26N8O2/c1-19-7-5-6-10-22(19)25-30-24(36-31-25)18-33-13-11-32(12-14-33)17-23(35)29-26-20(15-27)16-28-34(26)21-8-3-2-4-9-21/h2-10,16H,11-14,17-18H2,1H3,(H,29,35). The van der Waals surface area contributed by atoms with Crippen LogP contribution in [0, 0.1) is 18.3 Å². The van der Waals surface area contributed by atoms with E-state index in [-0.39, 0.29) is 12.5 Å². The predicted octanol–water partition coefficient (Wildman–Crippen LogP) is 2.86. The first-order valence-corrected chi connectivity index (χ1v) is 11.8. The maximum atomic E-state index is 12.8. The molecule has 0 aliphatic carbocycles. The number of carbonyl (C=O) groups is 1. The molecule has 1 saturated heterocycles. The Balaban J connectivity index is 1.15. The molecule has 0 unspecified atom stereocenters. The van der Waals surface area contributed by atoms with Crippen molar-refractivity contribution in [1.29, 1.82) is 5.26 Å². The van der Waals surface area contributed by atoms with Crippen molar-refractivity contribution in [3.8, 4) is 23.1 Å². The second kappa shape index (κ2) is 10.5. The van der Waals surface area contributed by atoms with Crippen LogP contribution in [-0.4, -0.2) is 68.4 Å². The van der Waals surface area contributed by atoms with E-state index >= 15 is 0 Å². The van der Waals surface area contributed by atoms with Crippen LogP contribution in [0.25, 0.3) is 17.1 Å². The summed E-state index contributed by atoms with van der Waals surface area (Å²) in [5, 5.41) is 20.7. The van der Waals surface area contributed by atoms with Gasteiger partial charge in [0.2, 0.25) is 17.6 Å². The van der Waals surface area contributed by atoms with Crippen LogP contribution in [0.2, 0.25) is 0 Å². The number of hydrogen-bond donors (Lipinski definition) is 1. The highest BCUT2D eigenvalue weighted by atomic mass is 16.5. The van der Waals surface area contributed by atoms with Crippen LogP contribution < -0.4 is 5.32 Å². The molecule has 0 radical (unpaired) electrons. The monoisotopic (exact) mass is 482 g/mol. The first-order valence-electron chi connectivity index (χ1n) is 11.8. The van der Waals surface area contributed by atoms with E-state index in [0.717, 1.165) is 43.0 Å². The van der Waals surface area contributed by atoms with Crippen LogP contribution in [0.1, 0.15) is 17.0 Å². The van der Waals surface area contributed by atoms with E-state index in [4.69, 9.17) is 4.52 Å². The smallest absolute Gasteiger partial charge is 0.241 e. The van der Waals surface area contributed by atoms with Gasteiger partial charge in [0.05, 0.1) is 25.0 Å². The minimum atomic E-state index is -0.183. The number of nitrogens with one attached hydrogen (secondary N) is 1. The van der Waals surface area contributed by atoms with Crippen molar-refractivity contribution >= 4 is 11.7 Å². The number of piperazine rings is 1. The molecule has 4 aromatic rings. The second-order valence-corrected chi connectivity index (χ2v) is 8.69. The van der Waals surface area contributed by atoms with E-state index < -0.39 is 0 Å². The van der Waals surface area contributed by atoms with E-state index in [9.17, 15) is 10.1 Å². The topological polar surface area (TPSA) is 116 Å². The van der Waals surface area contributed by atoms with Crippen LogP contribution in [-0.2, 0) is 11.3 Å². The normalized spacial score (nSPS) is 14.4. The zero-order valence-electron chi connectivity index (χ0n) is 20.0. The number of nitriles is 1. The molecule has 1 N–H and O–H groups in total. The fourth-order valence-corrected chi connectivity index (χ4v) is 4.24. The molecule has 1 fully saturated rings. The van der Waals surface area contributed by atoms with Gasteiger partial charge in [-0.2, -0.15) is 15.3 Å². The number of nitrogens with zero attached hydrogens (tertiary/aromatic N) is 7. The summed E-state index contributed by atoms with van der Waals surface area (Å²) in [6, 6.07) is 19.5. The van der Waals surface area contributed by atoms with Crippen molar-refractivity contribution in [2.45, 2.75) is 13.5 Å². The molecular formula is C26H26N8O2. The zero-order valence-corrected chi connectivity index (χ0v) is 20.0. The number of para-hydroxylation sites is 1. The Labute approximate surface area is 208 Å². The van der Waals surface area contributed by atoms with E-state index in [1.165, 1.54) is 6.20 Å². The summed E-state index contributed by atoms with van der Waals surface area (Å²) in [4.78, 5) is 21.7. The Bertz CT molecular complexity index is 1380. The molecule has 0 spiro atoms. The van der Waals surface area contributed by atoms with E-state index in [1.54, 1.807) is 4.68 Å². The van der Waals surface area contributed by atoms with Gasteiger partial charge in [-0.05, 0) is 24.6 Å². The number of benzene rings is 2. The predicted molar refractivity (Wildman–Crippen MR) is 133 cm³/mol. The summed E-state index contributed by atoms with van der Waals surface area (Å²) in [5.41, 5.74) is 3.16. The molecule has 2 aromatic carbocycles. The average Bonchev–Trinajstić information content (AvgIpc) is 3.53. The largest absolute Gasteiger partial charge is 0.338 e. The number of aromatic nitrogens is 4. The van der Waals surface area contributed by atoms with Gasteiger partial charge in [0, 0.05) is 31.7 Å². The van der Waals surface area contributed by atoms with E-state index in [2.05, 4.69) is 36.4 Å². The van der Waals surface area contributed by atoms with Crippen molar-refractivity contribution < 1.29 is 9.32 Å². The molecule has 10 heteroatoms. The van der Waals surface area contributed by atoms with Crippen molar-refractivity contribution in [2.24, 2.45) is 0 Å². The Morgan fingerprint density at radius 2 is 1.78 bits per heavy atom. The maximum absolute atomic E-state index is 12.8. The molecular weight excluding hydrogens is 456 g/mol. The molecule has 1 aliphatic rings. The van der Waals surface area contributed by atoms with Gasteiger partial charge >= 0.3 is 0 Å². The number of rotatable bonds is 7. The van der Waals surface area contributed by atoms with Gasteiger partial charge in [0.25, 0.3) is 0 Å². The van der Waals surface area contributed by atoms with Crippen LogP contribution in [0.3, 0.4) is 0 Å². The molecule has 1 amide bonds. The minimum absolute atomic E-state index is 0.183. The third kappa shape index (κ3) is 5.17. The molecule has 182 valence electrons. The highest BCUT2D eigenvalue weighted by Crippen LogP contribution is 2.21. The molecule has 5 rings (SSSR count). The summed E-state index contributed by atoms with van der Waals surface area (Å²) in [6.07, 6.45) is 1.46.